The molecule has 152 valence electrons. The van der Waals surface area contributed by atoms with E-state index in [0.717, 1.165) is 16.8 Å². The molecule has 0 heterocycles. The van der Waals surface area contributed by atoms with Crippen LogP contribution in [0, 0.1) is 0 Å². The van der Waals surface area contributed by atoms with E-state index >= 15 is 0 Å². The van der Waals surface area contributed by atoms with Gasteiger partial charge in [0.15, 0.2) is 11.5 Å². The van der Waals surface area contributed by atoms with Crippen molar-refractivity contribution in [2.45, 2.75) is 13.2 Å². The molecule has 0 amide bonds. The number of hydrogen-bond donors (Lipinski definition) is 1. The van der Waals surface area contributed by atoms with Crippen molar-refractivity contribution in [1.29, 1.82) is 0 Å². The van der Waals surface area contributed by atoms with Gasteiger partial charge in [-0.15, -0.1) is 0 Å². The summed E-state index contributed by atoms with van der Waals surface area (Å²) in [5.74, 6) is 0.954. The number of methoxy groups -OCH3 is 1. The van der Waals surface area contributed by atoms with Crippen molar-refractivity contribution >= 4 is 63.7 Å². The van der Waals surface area contributed by atoms with E-state index in [1.807, 2.05) is 12.1 Å². The Balaban J connectivity index is 1.74. The van der Waals surface area contributed by atoms with Crippen LogP contribution in [0.2, 0.25) is 25.1 Å². The third-order valence-electron chi connectivity index (χ3n) is 4.09. The zero-order valence-corrected chi connectivity index (χ0v) is 19.0. The highest BCUT2D eigenvalue weighted by atomic mass is 35.5. The molecule has 29 heavy (non-hydrogen) atoms. The minimum absolute atomic E-state index is 0.226. The van der Waals surface area contributed by atoms with Crippen LogP contribution in [0.3, 0.4) is 0 Å². The van der Waals surface area contributed by atoms with Crippen LogP contribution < -0.4 is 14.8 Å². The van der Waals surface area contributed by atoms with E-state index in [1.165, 1.54) is 0 Å². The van der Waals surface area contributed by atoms with Crippen LogP contribution in [0.15, 0.2) is 48.5 Å². The quantitative estimate of drug-likeness (QED) is 0.362. The maximum Gasteiger partial charge on any atom is 0.180 e. The van der Waals surface area contributed by atoms with E-state index in [9.17, 15) is 0 Å². The topological polar surface area (TPSA) is 30.5 Å². The van der Waals surface area contributed by atoms with Gasteiger partial charge in [0.2, 0.25) is 0 Å². The summed E-state index contributed by atoms with van der Waals surface area (Å²) in [4.78, 5) is 0. The monoisotopic (exact) mass is 489 g/mol. The molecule has 0 fully saturated rings. The van der Waals surface area contributed by atoms with Crippen molar-refractivity contribution in [3.63, 3.8) is 0 Å². The summed E-state index contributed by atoms with van der Waals surface area (Å²) in [5, 5.41) is 5.87. The Hall–Kier alpha value is -1.49. The molecule has 0 atom stereocenters. The summed E-state index contributed by atoms with van der Waals surface area (Å²) in [6, 6.07) is 14.1. The van der Waals surface area contributed by atoms with Crippen LogP contribution >= 0.6 is 58.0 Å². The first-order chi connectivity index (χ1) is 13.9. The minimum atomic E-state index is 0.226. The molecule has 0 aliphatic carbocycles. The largest absolute Gasteiger partial charge is 0.493 e. The fourth-order valence-corrected chi connectivity index (χ4v) is 3.86. The third kappa shape index (κ3) is 5.78. The predicted octanol–water partition coefficient (Wildman–Crippen LogP) is 8.15. The molecule has 3 rings (SSSR count). The van der Waals surface area contributed by atoms with Crippen LogP contribution in [0.1, 0.15) is 11.1 Å². The van der Waals surface area contributed by atoms with Gasteiger partial charge >= 0.3 is 0 Å². The second-order valence-electron chi connectivity index (χ2n) is 6.11. The number of rotatable bonds is 7. The predicted molar refractivity (Wildman–Crippen MR) is 123 cm³/mol. The summed E-state index contributed by atoms with van der Waals surface area (Å²) in [6.07, 6.45) is 0. The summed E-state index contributed by atoms with van der Waals surface area (Å²) in [7, 11) is 1.56. The first-order valence-corrected chi connectivity index (χ1v) is 10.4. The molecule has 0 aromatic heterocycles. The van der Waals surface area contributed by atoms with Gasteiger partial charge in [-0.2, -0.15) is 0 Å². The fourth-order valence-electron chi connectivity index (χ4n) is 2.63. The van der Waals surface area contributed by atoms with Gasteiger partial charge in [0.1, 0.15) is 6.61 Å². The standard InChI is InChI=1S/C21H16Cl5NO2/c1-28-20-7-12(10-27-19-5-4-15(23)9-17(19)25)6-18(26)21(20)29-11-13-2-3-14(22)8-16(13)24/h2-9,27H,10-11H2,1H3. The Kier molecular flexibility index (Phi) is 7.66. The molecule has 0 aliphatic heterocycles. The number of nitrogens with one attached hydrogen (secondary N) is 1. The van der Waals surface area contributed by atoms with Gasteiger partial charge < -0.3 is 14.8 Å². The second kappa shape index (κ2) is 10.0. The molecular formula is C21H16Cl5NO2. The van der Waals surface area contributed by atoms with E-state index in [4.69, 9.17) is 67.5 Å². The lowest BCUT2D eigenvalue weighted by Gasteiger charge is -2.16. The Bertz CT molecular complexity index is 1030. The van der Waals surface area contributed by atoms with Gasteiger partial charge in [0, 0.05) is 27.2 Å². The molecule has 1 N–H and O–H groups in total. The van der Waals surface area contributed by atoms with Crippen LogP contribution in [0.4, 0.5) is 5.69 Å². The van der Waals surface area contributed by atoms with Crippen molar-refractivity contribution in [1.82, 2.24) is 0 Å². The molecule has 0 radical (unpaired) electrons. The average molecular weight is 492 g/mol. The van der Waals surface area contributed by atoms with Crippen LogP contribution in [-0.4, -0.2) is 7.11 Å². The smallest absolute Gasteiger partial charge is 0.180 e. The van der Waals surface area contributed by atoms with E-state index in [1.54, 1.807) is 43.5 Å². The number of ether oxygens (including phenoxy) is 2. The average Bonchev–Trinajstić information content (AvgIpc) is 2.67. The molecule has 0 spiro atoms. The second-order valence-corrected chi connectivity index (χ2v) is 8.21. The molecule has 0 saturated heterocycles. The molecule has 3 nitrogen and oxygen atoms in total. The maximum atomic E-state index is 6.45. The van der Waals surface area contributed by atoms with Gasteiger partial charge in [-0.25, -0.2) is 0 Å². The molecule has 3 aromatic carbocycles. The fraction of sp³-hybridized carbons (Fsp3) is 0.143. The number of hydrogen-bond acceptors (Lipinski definition) is 3. The zero-order chi connectivity index (χ0) is 21.0. The van der Waals surface area contributed by atoms with Crippen molar-refractivity contribution in [3.05, 3.63) is 84.8 Å². The Morgan fingerprint density at radius 2 is 1.48 bits per heavy atom. The van der Waals surface area contributed by atoms with Gasteiger partial charge in [0.25, 0.3) is 0 Å². The number of anilines is 1. The maximum absolute atomic E-state index is 6.45. The Morgan fingerprint density at radius 1 is 0.793 bits per heavy atom. The summed E-state index contributed by atoms with van der Waals surface area (Å²) in [6.45, 7) is 0.713. The Labute approximate surface area is 194 Å². The highest BCUT2D eigenvalue weighted by Crippen LogP contribution is 2.38. The molecule has 0 bridgehead atoms. The van der Waals surface area contributed by atoms with Crippen molar-refractivity contribution < 1.29 is 9.47 Å². The Morgan fingerprint density at radius 3 is 2.14 bits per heavy atom. The van der Waals surface area contributed by atoms with Crippen molar-refractivity contribution in [2.75, 3.05) is 12.4 Å². The third-order valence-corrected chi connectivity index (χ3v) is 5.51. The lowest BCUT2D eigenvalue weighted by molar-refractivity contribution is 0.284. The van der Waals surface area contributed by atoms with Crippen molar-refractivity contribution in [3.8, 4) is 11.5 Å². The van der Waals surface area contributed by atoms with Gasteiger partial charge in [-0.1, -0.05) is 64.1 Å². The van der Waals surface area contributed by atoms with E-state index in [0.29, 0.717) is 43.2 Å². The molecular weight excluding hydrogens is 476 g/mol. The van der Waals surface area contributed by atoms with Gasteiger partial charge in [-0.05, 0) is 48.0 Å². The van der Waals surface area contributed by atoms with Gasteiger partial charge in [0.05, 0.1) is 22.8 Å². The SMILES string of the molecule is COc1cc(CNc2ccc(Cl)cc2Cl)cc(Cl)c1OCc1ccc(Cl)cc1Cl. The summed E-state index contributed by atoms with van der Waals surface area (Å²) < 4.78 is 11.3. The normalized spacial score (nSPS) is 10.7. The van der Waals surface area contributed by atoms with Crippen LogP contribution in [0.5, 0.6) is 11.5 Å². The lowest BCUT2D eigenvalue weighted by atomic mass is 10.2. The highest BCUT2D eigenvalue weighted by molar-refractivity contribution is 6.36. The first kappa shape index (κ1) is 22.2. The zero-order valence-electron chi connectivity index (χ0n) is 15.2. The summed E-state index contributed by atoms with van der Waals surface area (Å²) >= 11 is 30.7. The molecule has 0 saturated carbocycles. The minimum Gasteiger partial charge on any atom is -0.493 e. The number of benzene rings is 3. The van der Waals surface area contributed by atoms with Gasteiger partial charge in [-0.3, -0.25) is 0 Å². The van der Waals surface area contributed by atoms with E-state index in [-0.39, 0.29) is 6.61 Å². The first-order valence-electron chi connectivity index (χ1n) is 8.49. The van der Waals surface area contributed by atoms with E-state index in [2.05, 4.69) is 5.32 Å². The van der Waals surface area contributed by atoms with Crippen LogP contribution in [0.25, 0.3) is 0 Å². The number of halogens is 5. The molecule has 0 unspecified atom stereocenters. The molecule has 8 heteroatoms. The van der Waals surface area contributed by atoms with E-state index < -0.39 is 0 Å². The van der Waals surface area contributed by atoms with Crippen LogP contribution in [-0.2, 0) is 13.2 Å². The molecule has 3 aromatic rings. The summed E-state index contributed by atoms with van der Waals surface area (Å²) in [5.41, 5.74) is 2.45. The lowest BCUT2D eigenvalue weighted by Crippen LogP contribution is -2.03. The van der Waals surface area contributed by atoms with Crippen molar-refractivity contribution in [2.24, 2.45) is 0 Å². The highest BCUT2D eigenvalue weighted by Gasteiger charge is 2.14. The molecule has 0 aliphatic rings.